The molecule has 0 spiro atoms. The first-order chi connectivity index (χ1) is 9.10. The van der Waals surface area contributed by atoms with E-state index in [4.69, 9.17) is 0 Å². The Morgan fingerprint density at radius 2 is 2.37 bits per heavy atom. The maximum absolute atomic E-state index is 11.5. The van der Waals surface area contributed by atoms with E-state index in [9.17, 15) is 9.90 Å². The van der Waals surface area contributed by atoms with Crippen LogP contribution in [0.2, 0.25) is 0 Å². The molecule has 0 amide bonds. The van der Waals surface area contributed by atoms with Gasteiger partial charge in [0.05, 0.1) is 5.41 Å². The predicted molar refractivity (Wildman–Crippen MR) is 76.3 cm³/mol. The summed E-state index contributed by atoms with van der Waals surface area (Å²) in [5.74, 6) is 0.104. The first-order valence-electron chi connectivity index (χ1n) is 7.11. The number of nitrogens with zero attached hydrogens (tertiary/aromatic N) is 1. The highest BCUT2D eigenvalue weighted by Crippen LogP contribution is 2.48. The predicted octanol–water partition coefficient (Wildman–Crippen LogP) is 3.39. The second-order valence-corrected chi connectivity index (χ2v) is 7.22. The average molecular weight is 279 g/mol. The molecule has 2 atom stereocenters. The van der Waals surface area contributed by atoms with Crippen LogP contribution in [0.25, 0.3) is 0 Å². The number of thiophene rings is 1. The Morgan fingerprint density at radius 3 is 2.95 bits per heavy atom. The van der Waals surface area contributed by atoms with Crippen molar-refractivity contribution < 1.29 is 9.90 Å². The topological polar surface area (TPSA) is 40.5 Å². The fraction of sp³-hybridized carbons (Fsp3) is 0.667. The summed E-state index contributed by atoms with van der Waals surface area (Å²) in [7, 11) is 0. The largest absolute Gasteiger partial charge is 0.481 e. The van der Waals surface area contributed by atoms with Gasteiger partial charge in [0, 0.05) is 17.5 Å². The van der Waals surface area contributed by atoms with Crippen molar-refractivity contribution in [2.45, 2.75) is 38.6 Å². The number of hydrogen-bond acceptors (Lipinski definition) is 3. The van der Waals surface area contributed by atoms with Crippen LogP contribution in [0, 0.1) is 11.3 Å². The molecule has 3 nitrogen and oxygen atoms in total. The molecule has 2 heterocycles. The van der Waals surface area contributed by atoms with Crippen LogP contribution >= 0.6 is 11.3 Å². The Bertz CT molecular complexity index is 455. The molecule has 1 aliphatic heterocycles. The highest BCUT2D eigenvalue weighted by atomic mass is 32.1. The highest BCUT2D eigenvalue weighted by molar-refractivity contribution is 7.10. The second kappa shape index (κ2) is 4.91. The Labute approximate surface area is 118 Å². The number of hydrogen-bond donors (Lipinski definition) is 1. The number of likely N-dealkylation sites (tertiary alicyclic amines) is 1. The standard InChI is InChI=1S/C15H21NO2S/c1-15(14(17)18)7-3-8-16(10-15)13(11-5-6-11)12-4-2-9-19-12/h2,4,9,11,13H,3,5-8,10H2,1H3,(H,17,18). The minimum Gasteiger partial charge on any atom is -0.481 e. The van der Waals surface area contributed by atoms with Crippen molar-refractivity contribution in [1.29, 1.82) is 0 Å². The second-order valence-electron chi connectivity index (χ2n) is 6.24. The summed E-state index contributed by atoms with van der Waals surface area (Å²) in [6, 6.07) is 4.77. The van der Waals surface area contributed by atoms with E-state index in [1.54, 1.807) is 0 Å². The van der Waals surface area contributed by atoms with E-state index in [2.05, 4.69) is 22.4 Å². The van der Waals surface area contributed by atoms with Crippen molar-refractivity contribution >= 4 is 17.3 Å². The summed E-state index contributed by atoms with van der Waals surface area (Å²) in [5, 5.41) is 11.6. The fourth-order valence-electron chi connectivity index (χ4n) is 3.27. The summed E-state index contributed by atoms with van der Waals surface area (Å²) < 4.78 is 0. The van der Waals surface area contributed by atoms with Crippen molar-refractivity contribution in [3.8, 4) is 0 Å². The molecule has 104 valence electrons. The Kier molecular flexibility index (Phi) is 3.39. The molecular formula is C15H21NO2S. The summed E-state index contributed by atoms with van der Waals surface area (Å²) in [6.07, 6.45) is 4.39. The minimum atomic E-state index is -0.641. The van der Waals surface area contributed by atoms with E-state index in [0.29, 0.717) is 12.6 Å². The van der Waals surface area contributed by atoms with Crippen LogP contribution in [0.5, 0.6) is 0 Å². The molecule has 1 saturated carbocycles. The van der Waals surface area contributed by atoms with Crippen LogP contribution in [0.3, 0.4) is 0 Å². The molecule has 0 bridgehead atoms. The van der Waals surface area contributed by atoms with Gasteiger partial charge >= 0.3 is 5.97 Å². The van der Waals surface area contributed by atoms with E-state index < -0.39 is 11.4 Å². The van der Waals surface area contributed by atoms with E-state index >= 15 is 0 Å². The molecule has 1 aromatic rings. The van der Waals surface area contributed by atoms with Gasteiger partial charge in [-0.15, -0.1) is 11.3 Å². The Balaban J connectivity index is 1.81. The Hall–Kier alpha value is -0.870. The third-order valence-electron chi connectivity index (χ3n) is 4.54. The normalized spacial score (nSPS) is 30.2. The highest BCUT2D eigenvalue weighted by Gasteiger charge is 2.44. The number of rotatable bonds is 4. The molecular weight excluding hydrogens is 258 g/mol. The zero-order valence-corrected chi connectivity index (χ0v) is 12.2. The van der Waals surface area contributed by atoms with Crippen molar-refractivity contribution in [3.63, 3.8) is 0 Å². The van der Waals surface area contributed by atoms with Gasteiger partial charge in [-0.2, -0.15) is 0 Å². The molecule has 2 fully saturated rings. The molecule has 1 aromatic heterocycles. The van der Waals surface area contributed by atoms with Crippen LogP contribution < -0.4 is 0 Å². The van der Waals surface area contributed by atoms with Gasteiger partial charge in [-0.05, 0) is 56.5 Å². The molecule has 2 unspecified atom stereocenters. The summed E-state index contributed by atoms with van der Waals surface area (Å²) in [4.78, 5) is 15.3. The zero-order chi connectivity index (χ0) is 13.5. The third kappa shape index (κ3) is 2.56. The molecule has 19 heavy (non-hydrogen) atoms. The number of carbonyl (C=O) groups is 1. The van der Waals surface area contributed by atoms with Gasteiger partial charge in [-0.3, -0.25) is 9.69 Å². The zero-order valence-electron chi connectivity index (χ0n) is 11.3. The molecule has 0 aromatic carbocycles. The van der Waals surface area contributed by atoms with Gasteiger partial charge in [0.1, 0.15) is 0 Å². The SMILES string of the molecule is CC1(C(=O)O)CCCN(C(c2cccs2)C2CC2)C1. The Morgan fingerprint density at radius 1 is 1.58 bits per heavy atom. The summed E-state index contributed by atoms with van der Waals surface area (Å²) >= 11 is 1.81. The average Bonchev–Trinajstić information content (AvgIpc) is 3.04. The van der Waals surface area contributed by atoms with Gasteiger partial charge < -0.3 is 5.11 Å². The molecule has 1 aliphatic carbocycles. The van der Waals surface area contributed by atoms with Crippen LogP contribution in [-0.4, -0.2) is 29.1 Å². The number of piperidine rings is 1. The smallest absolute Gasteiger partial charge is 0.310 e. The van der Waals surface area contributed by atoms with Crippen LogP contribution in [-0.2, 0) is 4.79 Å². The third-order valence-corrected chi connectivity index (χ3v) is 5.48. The van der Waals surface area contributed by atoms with E-state index in [0.717, 1.165) is 25.3 Å². The molecule has 2 aliphatic rings. The van der Waals surface area contributed by atoms with E-state index in [1.165, 1.54) is 17.7 Å². The monoisotopic (exact) mass is 279 g/mol. The van der Waals surface area contributed by atoms with Gasteiger partial charge in [-0.1, -0.05) is 6.07 Å². The molecule has 1 saturated heterocycles. The number of carboxylic acids is 1. The van der Waals surface area contributed by atoms with Crippen molar-refractivity contribution in [3.05, 3.63) is 22.4 Å². The molecule has 0 radical (unpaired) electrons. The maximum atomic E-state index is 11.5. The number of carboxylic acid groups (broad SMARTS) is 1. The van der Waals surface area contributed by atoms with Crippen LogP contribution in [0.4, 0.5) is 0 Å². The lowest BCUT2D eigenvalue weighted by atomic mass is 9.81. The van der Waals surface area contributed by atoms with Crippen molar-refractivity contribution in [2.75, 3.05) is 13.1 Å². The van der Waals surface area contributed by atoms with E-state index in [1.807, 2.05) is 18.3 Å². The molecule has 3 rings (SSSR count). The van der Waals surface area contributed by atoms with Gasteiger partial charge in [-0.25, -0.2) is 0 Å². The quantitative estimate of drug-likeness (QED) is 0.918. The maximum Gasteiger partial charge on any atom is 0.310 e. The van der Waals surface area contributed by atoms with Crippen LogP contribution in [0.1, 0.15) is 43.5 Å². The molecule has 4 heteroatoms. The van der Waals surface area contributed by atoms with E-state index in [-0.39, 0.29) is 0 Å². The van der Waals surface area contributed by atoms with Gasteiger partial charge in [0.2, 0.25) is 0 Å². The first-order valence-corrected chi connectivity index (χ1v) is 7.99. The fourth-order valence-corrected chi connectivity index (χ4v) is 4.22. The van der Waals surface area contributed by atoms with Gasteiger partial charge in [0.25, 0.3) is 0 Å². The van der Waals surface area contributed by atoms with Gasteiger partial charge in [0.15, 0.2) is 0 Å². The number of aliphatic carboxylic acids is 1. The van der Waals surface area contributed by atoms with Crippen LogP contribution in [0.15, 0.2) is 17.5 Å². The lowest BCUT2D eigenvalue weighted by molar-refractivity contribution is -0.152. The molecule has 1 N–H and O–H groups in total. The van der Waals surface area contributed by atoms with Crippen molar-refractivity contribution in [2.24, 2.45) is 11.3 Å². The lowest BCUT2D eigenvalue weighted by Crippen LogP contribution is -2.47. The summed E-state index contributed by atoms with van der Waals surface area (Å²) in [5.41, 5.74) is -0.567. The van der Waals surface area contributed by atoms with Crippen molar-refractivity contribution in [1.82, 2.24) is 4.90 Å². The minimum absolute atomic E-state index is 0.457. The first kappa shape index (κ1) is 13.1. The lowest BCUT2D eigenvalue weighted by Gasteiger charge is -2.41. The summed E-state index contributed by atoms with van der Waals surface area (Å²) in [6.45, 7) is 3.64.